The highest BCUT2D eigenvalue weighted by atomic mass is 79.9. The molecule has 0 spiro atoms. The van der Waals surface area contributed by atoms with Gasteiger partial charge < -0.3 is 9.84 Å². The molecule has 7 rings (SSSR count). The quantitative estimate of drug-likeness (QED) is 0.265. The molecule has 2 heterocycles. The van der Waals surface area contributed by atoms with Gasteiger partial charge in [-0.05, 0) is 73.4 Å². The summed E-state index contributed by atoms with van der Waals surface area (Å²) in [5.41, 5.74) is 2.28. The molecule has 8 nitrogen and oxygen atoms in total. The van der Waals surface area contributed by atoms with Gasteiger partial charge in [-0.3, -0.25) is 29.0 Å². The van der Waals surface area contributed by atoms with Crippen molar-refractivity contribution in [1.82, 2.24) is 0 Å². The van der Waals surface area contributed by atoms with Crippen molar-refractivity contribution in [1.29, 1.82) is 0 Å². The molecule has 3 aromatic rings. The second-order valence-corrected chi connectivity index (χ2v) is 13.3. The number of imide groups is 2. The topological polar surface area (TPSA) is 104 Å². The van der Waals surface area contributed by atoms with Crippen LogP contribution in [0, 0.1) is 29.6 Å². The Balaban J connectivity index is 1.34. The molecule has 0 aromatic heterocycles. The fourth-order valence-corrected chi connectivity index (χ4v) is 8.07. The molecule has 1 N–H and O–H groups in total. The van der Waals surface area contributed by atoms with E-state index < -0.39 is 35.5 Å². The zero-order valence-electron chi connectivity index (χ0n) is 22.9. The van der Waals surface area contributed by atoms with E-state index in [-0.39, 0.29) is 35.8 Å². The number of rotatable bonds is 4. The highest BCUT2D eigenvalue weighted by Crippen LogP contribution is 2.59. The average Bonchev–Trinajstić information content (AvgIpc) is 3.41. The van der Waals surface area contributed by atoms with Crippen LogP contribution >= 0.6 is 31.9 Å². The van der Waals surface area contributed by atoms with Crippen molar-refractivity contribution in [2.45, 2.75) is 18.8 Å². The molecule has 0 unspecified atom stereocenters. The number of carbonyl (C=O) groups excluding carboxylic acids is 4. The monoisotopic (exact) mass is 704 g/mol. The van der Waals surface area contributed by atoms with E-state index in [2.05, 4.69) is 31.9 Å². The van der Waals surface area contributed by atoms with Gasteiger partial charge in [-0.25, -0.2) is 0 Å². The fourth-order valence-electron chi connectivity index (χ4n) is 7.54. The van der Waals surface area contributed by atoms with E-state index in [1.807, 2.05) is 6.08 Å². The molecular weight excluding hydrogens is 680 g/mol. The Morgan fingerprint density at radius 3 is 1.84 bits per heavy atom. The van der Waals surface area contributed by atoms with E-state index in [1.165, 1.54) is 23.0 Å². The maximum Gasteiger partial charge on any atom is 0.238 e. The molecule has 2 saturated heterocycles. The summed E-state index contributed by atoms with van der Waals surface area (Å²) in [6.07, 6.45) is 2.56. The zero-order valence-corrected chi connectivity index (χ0v) is 26.1. The van der Waals surface area contributed by atoms with E-state index in [0.717, 1.165) is 14.5 Å². The number of phenolic OH excluding ortho intramolecular Hbond substituents is 1. The van der Waals surface area contributed by atoms with Crippen molar-refractivity contribution >= 4 is 66.9 Å². The first-order valence-electron chi connectivity index (χ1n) is 14.0. The number of amides is 4. The summed E-state index contributed by atoms with van der Waals surface area (Å²) >= 11 is 6.81. The normalized spacial score (nSPS) is 28.0. The van der Waals surface area contributed by atoms with Crippen LogP contribution in [0.1, 0.15) is 24.3 Å². The predicted molar refractivity (Wildman–Crippen MR) is 165 cm³/mol. The Morgan fingerprint density at radius 2 is 1.28 bits per heavy atom. The summed E-state index contributed by atoms with van der Waals surface area (Å²) in [5.74, 6) is -4.70. The molecule has 0 bridgehead atoms. The number of fused-ring (bicyclic) bond motifs is 4. The first-order valence-corrected chi connectivity index (χ1v) is 15.6. The van der Waals surface area contributed by atoms with Crippen LogP contribution < -0.4 is 14.5 Å². The number of halogens is 2. The van der Waals surface area contributed by atoms with Crippen molar-refractivity contribution in [3.8, 4) is 11.5 Å². The maximum atomic E-state index is 14.2. The van der Waals surface area contributed by atoms with Gasteiger partial charge in [0.05, 0.1) is 42.2 Å². The van der Waals surface area contributed by atoms with Gasteiger partial charge in [0, 0.05) is 26.5 Å². The number of methoxy groups -OCH3 is 1. The minimum Gasteiger partial charge on any atom is -0.508 e. The number of benzene rings is 3. The van der Waals surface area contributed by atoms with E-state index in [9.17, 15) is 24.3 Å². The number of hydrogen-bond donors (Lipinski definition) is 1. The fraction of sp³-hybridized carbons (Fsp3) is 0.273. The largest absolute Gasteiger partial charge is 0.508 e. The molecule has 43 heavy (non-hydrogen) atoms. The smallest absolute Gasteiger partial charge is 0.238 e. The number of carbonyl (C=O) groups is 4. The van der Waals surface area contributed by atoms with Crippen molar-refractivity contribution in [2.24, 2.45) is 29.6 Å². The Labute approximate surface area is 264 Å². The second kappa shape index (κ2) is 10.4. The third kappa shape index (κ3) is 4.29. The van der Waals surface area contributed by atoms with Gasteiger partial charge in [0.1, 0.15) is 11.5 Å². The molecule has 3 fully saturated rings. The number of ether oxygens (including phenoxy) is 1. The highest BCUT2D eigenvalue weighted by Gasteiger charge is 2.62. The van der Waals surface area contributed by atoms with Gasteiger partial charge in [-0.2, -0.15) is 0 Å². The number of nitrogens with zero attached hydrogens (tertiary/aromatic N) is 2. The summed E-state index contributed by atoms with van der Waals surface area (Å²) in [7, 11) is 1.50. The van der Waals surface area contributed by atoms with Crippen LogP contribution in [0.5, 0.6) is 11.5 Å². The van der Waals surface area contributed by atoms with E-state index in [4.69, 9.17) is 4.74 Å². The van der Waals surface area contributed by atoms with Crippen LogP contribution in [0.2, 0.25) is 0 Å². The summed E-state index contributed by atoms with van der Waals surface area (Å²) in [6.45, 7) is 0. The summed E-state index contributed by atoms with van der Waals surface area (Å²) in [5, 5.41) is 11.2. The molecule has 3 aromatic carbocycles. The van der Waals surface area contributed by atoms with Crippen LogP contribution in [-0.4, -0.2) is 35.8 Å². The van der Waals surface area contributed by atoms with Gasteiger partial charge >= 0.3 is 0 Å². The zero-order chi connectivity index (χ0) is 30.2. The lowest BCUT2D eigenvalue weighted by atomic mass is 9.57. The van der Waals surface area contributed by atoms with Crippen LogP contribution in [0.25, 0.3) is 0 Å². The maximum absolute atomic E-state index is 14.2. The van der Waals surface area contributed by atoms with Crippen molar-refractivity contribution in [3.63, 3.8) is 0 Å². The van der Waals surface area contributed by atoms with Crippen molar-refractivity contribution in [3.05, 3.63) is 92.9 Å². The minimum atomic E-state index is -0.774. The van der Waals surface area contributed by atoms with Crippen LogP contribution in [0.15, 0.2) is 87.3 Å². The molecule has 2 aliphatic carbocycles. The molecular formula is C33H26Br2N2O6. The van der Waals surface area contributed by atoms with Crippen molar-refractivity contribution < 1.29 is 29.0 Å². The third-order valence-corrected chi connectivity index (χ3v) is 10.4. The van der Waals surface area contributed by atoms with E-state index in [1.54, 1.807) is 60.7 Å². The summed E-state index contributed by atoms with van der Waals surface area (Å²) in [4.78, 5) is 58.5. The van der Waals surface area contributed by atoms with Gasteiger partial charge in [0.2, 0.25) is 23.6 Å². The molecule has 4 aliphatic rings. The number of allylic oxidation sites excluding steroid dienone is 2. The molecule has 6 atom stereocenters. The van der Waals surface area contributed by atoms with Gasteiger partial charge in [-0.15, -0.1) is 0 Å². The minimum absolute atomic E-state index is 0.0561. The van der Waals surface area contributed by atoms with Gasteiger partial charge in [0.15, 0.2) is 0 Å². The molecule has 0 radical (unpaired) electrons. The Hall–Kier alpha value is -3.76. The molecule has 1 saturated carbocycles. The van der Waals surface area contributed by atoms with Crippen molar-refractivity contribution in [2.75, 3.05) is 16.9 Å². The van der Waals surface area contributed by atoms with Gasteiger partial charge in [-0.1, -0.05) is 49.6 Å². The Bertz CT molecular complexity index is 1720. The Kier molecular flexibility index (Phi) is 6.81. The number of anilines is 2. The standard InChI is InChI=1S/C33H26Br2N2O6/c1-43-20-10-11-22(26(38)14-20)27-21-12-13-23-28(32(41)36(30(23)39)18-6-2-16(34)3-7-18)24(21)15-25-29(27)33(42)37(31(25)40)19-8-4-17(35)5-9-19/h2-12,14,23-25,27-29,38H,13,15H2,1H3/t23-,24+,25+,27+,28-,29+/m0/s1. The first-order chi connectivity index (χ1) is 20.7. The second-order valence-electron chi connectivity index (χ2n) is 11.4. The number of hydrogen-bond acceptors (Lipinski definition) is 6. The number of aromatic hydroxyl groups is 1. The predicted octanol–water partition coefficient (Wildman–Crippen LogP) is 5.97. The van der Waals surface area contributed by atoms with Crippen LogP contribution in [0.3, 0.4) is 0 Å². The molecule has 2 aliphatic heterocycles. The SMILES string of the molecule is COc1ccc([C@H]2C3=CC[C@@H]4C(=O)N(c5ccc(Br)cc5)C(=O)[C@@H]4[C@@H]3C[C@H]3C(=O)N(c4ccc(Br)cc4)C(=O)[C@@H]23)c(O)c1. The Morgan fingerprint density at radius 1 is 0.721 bits per heavy atom. The van der Waals surface area contributed by atoms with Gasteiger partial charge in [0.25, 0.3) is 0 Å². The molecule has 218 valence electrons. The number of phenols is 1. The lowest BCUT2D eigenvalue weighted by Gasteiger charge is -2.44. The van der Waals surface area contributed by atoms with Crippen LogP contribution in [0.4, 0.5) is 11.4 Å². The summed E-state index contributed by atoms with van der Waals surface area (Å²) < 4.78 is 6.94. The van der Waals surface area contributed by atoms with E-state index in [0.29, 0.717) is 29.1 Å². The molecule has 10 heteroatoms. The first kappa shape index (κ1) is 28.0. The highest BCUT2D eigenvalue weighted by molar-refractivity contribution is 9.10. The molecule has 4 amide bonds. The van der Waals surface area contributed by atoms with Crippen LogP contribution in [-0.2, 0) is 19.2 Å². The van der Waals surface area contributed by atoms with E-state index >= 15 is 0 Å². The lowest BCUT2D eigenvalue weighted by molar-refractivity contribution is -0.126. The average molecular weight is 706 g/mol. The lowest BCUT2D eigenvalue weighted by Crippen LogP contribution is -2.43. The summed E-state index contributed by atoms with van der Waals surface area (Å²) in [6, 6.07) is 19.0. The third-order valence-electron chi connectivity index (χ3n) is 9.39.